The summed E-state index contributed by atoms with van der Waals surface area (Å²) in [5.41, 5.74) is 1.00. The van der Waals surface area contributed by atoms with Gasteiger partial charge in [-0.25, -0.2) is 9.37 Å². The number of halogens is 1. The van der Waals surface area contributed by atoms with Gasteiger partial charge in [-0.05, 0) is 30.0 Å². The monoisotopic (exact) mass is 491 g/mol. The van der Waals surface area contributed by atoms with Crippen LogP contribution in [-0.2, 0) is 17.0 Å². The van der Waals surface area contributed by atoms with Crippen LogP contribution in [-0.4, -0.2) is 27.6 Å². The highest BCUT2D eigenvalue weighted by atomic mass is 32.2. The van der Waals surface area contributed by atoms with Gasteiger partial charge >= 0.3 is 0 Å². The lowest BCUT2D eigenvalue weighted by molar-refractivity contribution is -0.115. The maximum atomic E-state index is 14.2. The molecule has 0 spiro atoms. The number of hydrogen-bond donors (Lipinski definition) is 1. The minimum atomic E-state index is -0.461. The van der Waals surface area contributed by atoms with Crippen molar-refractivity contribution in [2.45, 2.75) is 23.4 Å². The fraction of sp³-hybridized carbons (Fsp3) is 0.200. The molecule has 0 bridgehead atoms. The molecule has 0 radical (unpaired) electrons. The summed E-state index contributed by atoms with van der Waals surface area (Å²) in [6.07, 6.45) is 0.954. The van der Waals surface area contributed by atoms with Crippen molar-refractivity contribution < 1.29 is 9.18 Å². The number of anilines is 3. The van der Waals surface area contributed by atoms with Crippen molar-refractivity contribution in [3.8, 4) is 0 Å². The van der Waals surface area contributed by atoms with Gasteiger partial charge in [0.1, 0.15) is 5.82 Å². The van der Waals surface area contributed by atoms with Crippen molar-refractivity contribution in [3.63, 3.8) is 0 Å². The third kappa shape index (κ3) is 5.67. The number of thiazole rings is 1. The Labute approximate surface area is 195 Å². The highest BCUT2D eigenvalue weighted by Gasteiger charge is 2.21. The molecule has 0 fully saturated rings. The van der Waals surface area contributed by atoms with E-state index in [1.807, 2.05) is 5.38 Å². The molecule has 3 aromatic heterocycles. The normalized spacial score (nSPS) is 10.9. The average Bonchev–Trinajstić information content (AvgIpc) is 3.50. The van der Waals surface area contributed by atoms with E-state index in [9.17, 15) is 9.18 Å². The number of aromatic nitrogens is 3. The molecule has 1 aromatic carbocycles. The summed E-state index contributed by atoms with van der Waals surface area (Å²) < 4.78 is 15.0. The summed E-state index contributed by atoms with van der Waals surface area (Å²) in [6.45, 7) is 2.21. The molecule has 31 heavy (non-hydrogen) atoms. The van der Waals surface area contributed by atoms with Gasteiger partial charge in [0.15, 0.2) is 9.47 Å². The molecule has 160 valence electrons. The molecule has 0 aliphatic carbocycles. The van der Waals surface area contributed by atoms with Gasteiger partial charge in [0.25, 0.3) is 0 Å². The molecule has 0 aliphatic heterocycles. The molecule has 0 saturated heterocycles. The van der Waals surface area contributed by atoms with E-state index in [0.717, 1.165) is 28.1 Å². The van der Waals surface area contributed by atoms with Crippen LogP contribution in [0.4, 0.5) is 20.3 Å². The predicted molar refractivity (Wildman–Crippen MR) is 127 cm³/mol. The summed E-state index contributed by atoms with van der Waals surface area (Å²) in [7, 11) is 0. The maximum Gasteiger partial charge on any atom is 0.230 e. The van der Waals surface area contributed by atoms with Crippen molar-refractivity contribution in [1.29, 1.82) is 0 Å². The smallest absolute Gasteiger partial charge is 0.230 e. The number of para-hydroxylation sites is 1. The number of carbonyl (C=O) groups excluding carboxylic acids is 1. The van der Waals surface area contributed by atoms with Crippen molar-refractivity contribution in [2.24, 2.45) is 0 Å². The van der Waals surface area contributed by atoms with E-state index in [2.05, 4.69) is 38.0 Å². The molecular weight excluding hydrogens is 474 g/mol. The Kier molecular flexibility index (Phi) is 7.28. The molecule has 4 rings (SSSR count). The van der Waals surface area contributed by atoms with Crippen molar-refractivity contribution in [1.82, 2.24) is 15.2 Å². The lowest BCUT2D eigenvalue weighted by Crippen LogP contribution is -2.23. The number of hydrogen-bond acceptors (Lipinski definition) is 9. The first-order valence-corrected chi connectivity index (χ1v) is 12.9. The third-order valence-corrected chi connectivity index (χ3v) is 7.98. The summed E-state index contributed by atoms with van der Waals surface area (Å²) in [4.78, 5) is 19.3. The molecule has 1 N–H and O–H groups in total. The second-order valence-electron chi connectivity index (χ2n) is 6.35. The van der Waals surface area contributed by atoms with Gasteiger partial charge < -0.3 is 5.32 Å². The molecule has 0 unspecified atom stereocenters. The zero-order valence-corrected chi connectivity index (χ0v) is 19.7. The summed E-state index contributed by atoms with van der Waals surface area (Å²) >= 11 is 6.09. The molecule has 4 aromatic rings. The van der Waals surface area contributed by atoms with E-state index >= 15 is 0 Å². The first kappa shape index (κ1) is 21.9. The number of nitrogens with zero attached hydrogens (tertiary/aromatic N) is 4. The van der Waals surface area contributed by atoms with E-state index in [-0.39, 0.29) is 11.6 Å². The molecule has 0 saturated carbocycles. The van der Waals surface area contributed by atoms with Gasteiger partial charge in [0.2, 0.25) is 11.0 Å². The van der Waals surface area contributed by atoms with Gasteiger partial charge in [-0.1, -0.05) is 41.3 Å². The SMILES string of the molecule is CC(=O)N(c1nc(CSc2nnc(NCCc3cccs3)s2)cs1)c1ccccc1F. The van der Waals surface area contributed by atoms with E-state index in [1.165, 1.54) is 57.2 Å². The van der Waals surface area contributed by atoms with Crippen molar-refractivity contribution in [3.05, 3.63) is 63.5 Å². The lowest BCUT2D eigenvalue weighted by Gasteiger charge is -2.18. The van der Waals surface area contributed by atoms with Crippen molar-refractivity contribution in [2.75, 3.05) is 16.8 Å². The first-order valence-electron chi connectivity index (χ1n) is 9.32. The third-order valence-electron chi connectivity index (χ3n) is 4.12. The van der Waals surface area contributed by atoms with E-state index in [4.69, 9.17) is 0 Å². The number of thioether (sulfide) groups is 1. The fourth-order valence-corrected chi connectivity index (χ4v) is 6.09. The highest BCUT2D eigenvalue weighted by Crippen LogP contribution is 2.33. The Morgan fingerprint density at radius 1 is 1.19 bits per heavy atom. The second-order valence-corrected chi connectivity index (χ2v) is 10.4. The topological polar surface area (TPSA) is 71.0 Å². The van der Waals surface area contributed by atoms with Gasteiger partial charge in [-0.15, -0.1) is 32.9 Å². The molecule has 6 nitrogen and oxygen atoms in total. The second kappa shape index (κ2) is 10.3. The number of amides is 1. The van der Waals surface area contributed by atoms with Gasteiger partial charge in [-0.2, -0.15) is 0 Å². The molecule has 11 heteroatoms. The average molecular weight is 492 g/mol. The van der Waals surface area contributed by atoms with Crippen LogP contribution in [0.2, 0.25) is 0 Å². The fourth-order valence-electron chi connectivity index (χ4n) is 2.73. The van der Waals surface area contributed by atoms with E-state index < -0.39 is 5.82 Å². The Morgan fingerprint density at radius 2 is 2.06 bits per heavy atom. The van der Waals surface area contributed by atoms with Crippen LogP contribution in [0.25, 0.3) is 0 Å². The Morgan fingerprint density at radius 3 is 2.84 bits per heavy atom. The Bertz CT molecular complexity index is 1140. The maximum absolute atomic E-state index is 14.2. The van der Waals surface area contributed by atoms with E-state index in [1.54, 1.807) is 29.5 Å². The molecule has 0 aliphatic rings. The minimum Gasteiger partial charge on any atom is -0.360 e. The van der Waals surface area contributed by atoms with Gasteiger partial charge in [-0.3, -0.25) is 9.69 Å². The van der Waals surface area contributed by atoms with Crippen LogP contribution in [0.1, 0.15) is 17.5 Å². The zero-order chi connectivity index (χ0) is 21.6. The van der Waals surface area contributed by atoms with Crippen LogP contribution >= 0.6 is 45.8 Å². The van der Waals surface area contributed by atoms with Crippen LogP contribution in [0.15, 0.2) is 51.5 Å². The van der Waals surface area contributed by atoms with Gasteiger partial charge in [0, 0.05) is 29.5 Å². The Balaban J connectivity index is 1.34. The first-order chi connectivity index (χ1) is 15.1. The van der Waals surface area contributed by atoms with E-state index in [0.29, 0.717) is 10.9 Å². The predicted octanol–water partition coefficient (Wildman–Crippen LogP) is 5.83. The zero-order valence-electron chi connectivity index (χ0n) is 16.4. The van der Waals surface area contributed by atoms with Gasteiger partial charge in [0.05, 0.1) is 11.4 Å². The van der Waals surface area contributed by atoms with Crippen molar-refractivity contribution >= 4 is 67.6 Å². The summed E-state index contributed by atoms with van der Waals surface area (Å²) in [6, 6.07) is 10.4. The van der Waals surface area contributed by atoms with Crippen LogP contribution in [0, 0.1) is 5.82 Å². The quantitative estimate of drug-likeness (QED) is 0.297. The molecule has 1 amide bonds. The number of nitrogens with one attached hydrogen (secondary N) is 1. The Hall–Kier alpha value is -2.34. The molecular formula is C20H18FN5OS4. The number of thiophene rings is 1. The largest absolute Gasteiger partial charge is 0.360 e. The lowest BCUT2D eigenvalue weighted by atomic mass is 10.3. The number of benzene rings is 1. The standard InChI is InChI=1S/C20H18FN5OS4/c1-13(27)26(17-7-3-2-6-16(17)21)19-23-14(11-29-19)12-30-20-25-24-18(31-20)22-9-8-15-5-4-10-28-15/h2-7,10-11H,8-9,12H2,1H3,(H,22,24). The minimum absolute atomic E-state index is 0.200. The van der Waals surface area contributed by atoms with Crippen LogP contribution in [0.5, 0.6) is 0 Å². The van der Waals surface area contributed by atoms with Crippen LogP contribution in [0.3, 0.4) is 0 Å². The highest BCUT2D eigenvalue weighted by molar-refractivity contribution is 8.00. The number of carbonyl (C=O) groups is 1. The summed E-state index contributed by atoms with van der Waals surface area (Å²) in [5, 5.41) is 16.9. The molecule has 0 atom stereocenters. The number of rotatable bonds is 9. The van der Waals surface area contributed by atoms with Crippen LogP contribution < -0.4 is 10.2 Å². The summed E-state index contributed by atoms with van der Waals surface area (Å²) in [5.74, 6) is -0.165. The molecule has 3 heterocycles.